The Morgan fingerprint density at radius 3 is 1.94 bits per heavy atom. The lowest BCUT2D eigenvalue weighted by molar-refractivity contribution is -0.142. The first-order chi connectivity index (χ1) is 17.0. The van der Waals surface area contributed by atoms with E-state index in [1.807, 2.05) is 0 Å². The van der Waals surface area contributed by atoms with Crippen LogP contribution in [0.1, 0.15) is 31.2 Å². The smallest absolute Gasteiger partial charge is 0.326 e. The van der Waals surface area contributed by atoms with Crippen LogP contribution < -0.4 is 33.2 Å². The highest BCUT2D eigenvalue weighted by Gasteiger charge is 2.31. The van der Waals surface area contributed by atoms with Gasteiger partial charge in [0, 0.05) is 6.42 Å². The maximum atomic E-state index is 13.0. The number of carboxylic acid groups (broad SMARTS) is 1. The van der Waals surface area contributed by atoms with Gasteiger partial charge in [-0.15, -0.1) is 0 Å². The predicted molar refractivity (Wildman–Crippen MR) is 127 cm³/mol. The molecule has 4 unspecified atom stereocenters. The average molecular weight is 511 g/mol. The third kappa shape index (κ3) is 10.7. The molecule has 0 saturated heterocycles. The predicted octanol–water partition coefficient (Wildman–Crippen LogP) is -3.20. The Kier molecular flexibility index (Phi) is 12.9. The van der Waals surface area contributed by atoms with E-state index in [9.17, 15) is 34.2 Å². The Hall–Kier alpha value is -3.75. The highest BCUT2D eigenvalue weighted by atomic mass is 16.4. The minimum atomic E-state index is -1.51. The van der Waals surface area contributed by atoms with E-state index < -0.39 is 66.8 Å². The van der Waals surface area contributed by atoms with Crippen molar-refractivity contribution < 1.29 is 39.3 Å². The topological polar surface area (TPSA) is 260 Å². The number of nitrogens with two attached hydrogens (primary N) is 3. The Bertz CT molecular complexity index is 910. The van der Waals surface area contributed by atoms with Crippen molar-refractivity contribution >= 4 is 29.6 Å². The van der Waals surface area contributed by atoms with E-state index in [4.69, 9.17) is 22.3 Å². The minimum Gasteiger partial charge on any atom is -0.508 e. The first kappa shape index (κ1) is 30.3. The molecule has 0 aliphatic carbocycles. The van der Waals surface area contributed by atoms with Crippen molar-refractivity contribution in [2.75, 3.05) is 13.2 Å². The van der Waals surface area contributed by atoms with Crippen LogP contribution in [0.3, 0.4) is 0 Å². The van der Waals surface area contributed by atoms with Gasteiger partial charge in [0.15, 0.2) is 0 Å². The highest BCUT2D eigenvalue weighted by molar-refractivity contribution is 5.96. The number of carbonyl (C=O) groups excluding carboxylic acids is 4. The van der Waals surface area contributed by atoms with Gasteiger partial charge in [-0.1, -0.05) is 12.1 Å². The number of hydrogen-bond acceptors (Lipinski definition) is 9. The number of phenolic OH excluding ortho intramolecular Hbond substituents is 1. The summed E-state index contributed by atoms with van der Waals surface area (Å²) in [5.74, 6) is -4.94. The van der Waals surface area contributed by atoms with E-state index in [0.29, 0.717) is 24.9 Å². The molecule has 14 heteroatoms. The molecule has 4 atom stereocenters. The highest BCUT2D eigenvalue weighted by Crippen LogP contribution is 2.12. The monoisotopic (exact) mass is 510 g/mol. The van der Waals surface area contributed by atoms with E-state index >= 15 is 0 Å². The Balaban J connectivity index is 3.13. The van der Waals surface area contributed by atoms with E-state index in [1.54, 1.807) is 0 Å². The molecule has 0 aliphatic heterocycles. The molecule has 0 heterocycles. The molecular weight excluding hydrogens is 476 g/mol. The van der Waals surface area contributed by atoms with Crippen LogP contribution in [0.25, 0.3) is 0 Å². The first-order valence-corrected chi connectivity index (χ1v) is 11.2. The Labute approximate surface area is 207 Å². The number of carbonyl (C=O) groups is 5. The van der Waals surface area contributed by atoms with E-state index in [-0.39, 0.29) is 18.6 Å². The fourth-order valence-corrected chi connectivity index (χ4v) is 3.14. The molecule has 0 saturated carbocycles. The molecule has 36 heavy (non-hydrogen) atoms. The molecule has 0 aromatic heterocycles. The average Bonchev–Trinajstić information content (AvgIpc) is 2.82. The van der Waals surface area contributed by atoms with Gasteiger partial charge in [0.25, 0.3) is 0 Å². The van der Waals surface area contributed by atoms with Gasteiger partial charge in [0.1, 0.15) is 29.9 Å². The number of aromatic hydroxyl groups is 1. The summed E-state index contributed by atoms with van der Waals surface area (Å²) in [6.45, 7) is -0.365. The third-order valence-corrected chi connectivity index (χ3v) is 5.14. The molecule has 1 rings (SSSR count). The number of hydrogen-bond donors (Lipinski definition) is 9. The molecule has 200 valence electrons. The van der Waals surface area contributed by atoms with Gasteiger partial charge in [-0.2, -0.15) is 0 Å². The van der Waals surface area contributed by atoms with Crippen LogP contribution in [0.2, 0.25) is 0 Å². The molecule has 0 spiro atoms. The molecule has 0 bridgehead atoms. The minimum absolute atomic E-state index is 0.0286. The molecule has 0 radical (unpaired) electrons. The number of carboxylic acids is 1. The second kappa shape index (κ2) is 15.3. The second-order valence-electron chi connectivity index (χ2n) is 8.14. The normalized spacial score (nSPS) is 14.1. The quantitative estimate of drug-likeness (QED) is 0.101. The number of amides is 4. The van der Waals surface area contributed by atoms with Crippen molar-refractivity contribution in [2.24, 2.45) is 17.2 Å². The van der Waals surface area contributed by atoms with Gasteiger partial charge in [-0.25, -0.2) is 4.79 Å². The zero-order chi connectivity index (χ0) is 27.3. The van der Waals surface area contributed by atoms with Crippen molar-refractivity contribution in [3.63, 3.8) is 0 Å². The maximum Gasteiger partial charge on any atom is 0.326 e. The van der Waals surface area contributed by atoms with Crippen LogP contribution in [0.5, 0.6) is 5.75 Å². The molecule has 0 fully saturated rings. The fourth-order valence-electron chi connectivity index (χ4n) is 3.14. The van der Waals surface area contributed by atoms with Crippen molar-refractivity contribution in [2.45, 2.75) is 56.3 Å². The summed E-state index contributed by atoms with van der Waals surface area (Å²) in [4.78, 5) is 61.1. The largest absolute Gasteiger partial charge is 0.508 e. The number of nitrogens with one attached hydrogen (secondary N) is 3. The number of aliphatic hydroxyl groups excluding tert-OH is 1. The standard InChI is InChI=1S/C22H34N6O8/c23-8-2-1-3-15(22(35)36)26-20(33)16(9-12-4-6-13(30)7-5-12)28-21(34)17(10-18(25)31)27-19(32)14(24)11-29/h4-7,14-17,29-30H,1-3,8-11,23-24H2,(H2,25,31)(H,26,33)(H,27,32)(H,28,34)(H,35,36). The summed E-state index contributed by atoms with van der Waals surface area (Å²) < 4.78 is 0. The lowest BCUT2D eigenvalue weighted by Crippen LogP contribution is -2.58. The zero-order valence-electron chi connectivity index (χ0n) is 19.7. The van der Waals surface area contributed by atoms with Gasteiger partial charge >= 0.3 is 5.97 Å². The number of phenols is 1. The number of benzene rings is 1. The van der Waals surface area contributed by atoms with Crippen LogP contribution in [-0.2, 0) is 30.4 Å². The van der Waals surface area contributed by atoms with Crippen molar-refractivity contribution in [3.05, 3.63) is 29.8 Å². The van der Waals surface area contributed by atoms with Gasteiger partial charge in [0.2, 0.25) is 23.6 Å². The van der Waals surface area contributed by atoms with E-state index in [1.165, 1.54) is 24.3 Å². The van der Waals surface area contributed by atoms with Gasteiger partial charge in [0.05, 0.1) is 13.0 Å². The number of rotatable bonds is 16. The zero-order valence-corrected chi connectivity index (χ0v) is 19.7. The maximum absolute atomic E-state index is 13.0. The summed E-state index contributed by atoms with van der Waals surface area (Å²) in [6.07, 6.45) is 0.371. The van der Waals surface area contributed by atoms with Crippen LogP contribution >= 0.6 is 0 Å². The fraction of sp³-hybridized carbons (Fsp3) is 0.500. The van der Waals surface area contributed by atoms with Crippen LogP contribution in [0.4, 0.5) is 0 Å². The van der Waals surface area contributed by atoms with Crippen LogP contribution in [-0.4, -0.2) is 82.2 Å². The first-order valence-electron chi connectivity index (χ1n) is 11.2. The summed E-state index contributed by atoms with van der Waals surface area (Å²) in [6, 6.07) is 0.290. The SMILES string of the molecule is NCCCCC(NC(=O)C(Cc1ccc(O)cc1)NC(=O)C(CC(N)=O)NC(=O)C(N)CO)C(=O)O. The third-order valence-electron chi connectivity index (χ3n) is 5.14. The summed E-state index contributed by atoms with van der Waals surface area (Å²) >= 11 is 0. The Morgan fingerprint density at radius 1 is 0.861 bits per heavy atom. The summed E-state index contributed by atoms with van der Waals surface area (Å²) in [7, 11) is 0. The molecule has 0 aliphatic rings. The van der Waals surface area contributed by atoms with Gasteiger partial charge < -0.3 is 48.5 Å². The van der Waals surface area contributed by atoms with Gasteiger partial charge in [-0.3, -0.25) is 19.2 Å². The molecule has 1 aromatic rings. The van der Waals surface area contributed by atoms with E-state index in [2.05, 4.69) is 16.0 Å². The lowest BCUT2D eigenvalue weighted by atomic mass is 10.0. The summed E-state index contributed by atoms with van der Waals surface area (Å²) in [5, 5.41) is 35.0. The second-order valence-corrected chi connectivity index (χ2v) is 8.14. The number of primary amides is 1. The molecular formula is C22H34N6O8. The van der Waals surface area contributed by atoms with E-state index in [0.717, 1.165) is 0 Å². The molecule has 12 N–H and O–H groups in total. The van der Waals surface area contributed by atoms with Crippen molar-refractivity contribution in [3.8, 4) is 5.75 Å². The number of unbranched alkanes of at least 4 members (excludes halogenated alkanes) is 1. The lowest BCUT2D eigenvalue weighted by Gasteiger charge is -2.25. The molecule has 1 aromatic carbocycles. The number of aliphatic carboxylic acids is 1. The molecule has 4 amide bonds. The van der Waals surface area contributed by atoms with Crippen molar-refractivity contribution in [1.82, 2.24) is 16.0 Å². The molecule has 14 nitrogen and oxygen atoms in total. The Morgan fingerprint density at radius 2 is 1.42 bits per heavy atom. The number of aliphatic hydroxyl groups is 1. The summed E-state index contributed by atoms with van der Waals surface area (Å²) in [5.41, 5.74) is 16.6. The van der Waals surface area contributed by atoms with Crippen LogP contribution in [0, 0.1) is 0 Å². The van der Waals surface area contributed by atoms with Crippen molar-refractivity contribution in [1.29, 1.82) is 0 Å². The van der Waals surface area contributed by atoms with Crippen LogP contribution in [0.15, 0.2) is 24.3 Å². The van der Waals surface area contributed by atoms with Gasteiger partial charge in [-0.05, 0) is 43.5 Å².